The summed E-state index contributed by atoms with van der Waals surface area (Å²) in [5.41, 5.74) is 0.845. The van der Waals surface area contributed by atoms with E-state index in [0.29, 0.717) is 0 Å². The van der Waals surface area contributed by atoms with E-state index in [1.165, 1.54) is 0 Å². The average molecular weight is 312 g/mol. The van der Waals surface area contributed by atoms with Crippen LogP contribution in [0.15, 0.2) is 72.4 Å². The van der Waals surface area contributed by atoms with Crippen LogP contribution in [0.25, 0.3) is 0 Å². The van der Waals surface area contributed by atoms with Crippen molar-refractivity contribution in [3.05, 3.63) is 72.4 Å². The molecule has 1 nitrogen and oxygen atoms in total. The van der Waals surface area contributed by atoms with Gasteiger partial charge in [0.1, 0.15) is 6.29 Å². The molecule has 0 aliphatic rings. The zero-order valence-corrected chi connectivity index (χ0v) is 14.8. The number of hydrogen-bond acceptors (Lipinski definition) is 1. The number of rotatable bonds is 13. The predicted molar refractivity (Wildman–Crippen MR) is 104 cm³/mol. The smallest absolute Gasteiger partial charge is 0.146 e. The van der Waals surface area contributed by atoms with Crippen molar-refractivity contribution in [2.24, 2.45) is 0 Å². The molecular formula is C22H32O. The fourth-order valence-electron chi connectivity index (χ4n) is 1.82. The quantitative estimate of drug-likeness (QED) is 0.122. The Morgan fingerprint density at radius 2 is 1.22 bits per heavy atom. The molecule has 0 fully saturated rings. The fraction of sp³-hybridized carbons (Fsp3) is 0.409. The summed E-state index contributed by atoms with van der Waals surface area (Å²) in [6, 6.07) is 0. The molecule has 0 saturated heterocycles. The largest absolute Gasteiger partial charge is 0.298 e. The van der Waals surface area contributed by atoms with Gasteiger partial charge in [-0.25, -0.2) is 0 Å². The van der Waals surface area contributed by atoms with Crippen LogP contribution in [0, 0.1) is 0 Å². The van der Waals surface area contributed by atoms with Gasteiger partial charge in [0.15, 0.2) is 0 Å². The summed E-state index contributed by atoms with van der Waals surface area (Å²) in [5, 5.41) is 0. The first-order valence-electron chi connectivity index (χ1n) is 8.76. The van der Waals surface area contributed by atoms with Gasteiger partial charge in [-0.05, 0) is 50.5 Å². The molecule has 0 amide bonds. The minimum Gasteiger partial charge on any atom is -0.298 e. The van der Waals surface area contributed by atoms with Gasteiger partial charge < -0.3 is 0 Å². The number of hydrogen-bond donors (Lipinski definition) is 0. The lowest BCUT2D eigenvalue weighted by Crippen LogP contribution is -1.78. The number of unbranched alkanes of at least 4 members (excludes halogenated alkanes) is 1. The van der Waals surface area contributed by atoms with E-state index < -0.39 is 0 Å². The monoisotopic (exact) mass is 312 g/mol. The van der Waals surface area contributed by atoms with Crippen LogP contribution in [0.1, 0.15) is 58.8 Å². The number of carbonyl (C=O) groups is 1. The van der Waals surface area contributed by atoms with Gasteiger partial charge in [0.2, 0.25) is 0 Å². The first-order valence-corrected chi connectivity index (χ1v) is 8.76. The molecule has 126 valence electrons. The zero-order chi connectivity index (χ0) is 17.0. The lowest BCUT2D eigenvalue weighted by Gasteiger charge is -1.89. The molecule has 0 aliphatic heterocycles. The van der Waals surface area contributed by atoms with E-state index in [2.05, 4.69) is 61.6 Å². The van der Waals surface area contributed by atoms with Crippen molar-refractivity contribution < 1.29 is 4.79 Å². The third-order valence-electron chi connectivity index (χ3n) is 3.22. The molecule has 0 aliphatic carbocycles. The first-order chi connectivity index (χ1) is 11.3. The van der Waals surface area contributed by atoms with Crippen LogP contribution >= 0.6 is 0 Å². The highest BCUT2D eigenvalue weighted by molar-refractivity contribution is 5.73. The summed E-state index contributed by atoms with van der Waals surface area (Å²) in [4.78, 5) is 10.6. The van der Waals surface area contributed by atoms with Crippen molar-refractivity contribution >= 4 is 6.29 Å². The second-order valence-electron chi connectivity index (χ2n) is 5.22. The van der Waals surface area contributed by atoms with E-state index in [1.807, 2.05) is 19.1 Å². The topological polar surface area (TPSA) is 17.1 Å². The summed E-state index contributed by atoms with van der Waals surface area (Å²) in [6.45, 7) is 4.14. The van der Waals surface area contributed by atoms with E-state index in [4.69, 9.17) is 0 Å². The van der Waals surface area contributed by atoms with Gasteiger partial charge in [-0.15, -0.1) is 0 Å². The molecular weight excluding hydrogens is 280 g/mol. The summed E-state index contributed by atoms with van der Waals surface area (Å²) < 4.78 is 0. The molecule has 0 heterocycles. The maximum atomic E-state index is 10.6. The molecule has 0 bridgehead atoms. The highest BCUT2D eigenvalue weighted by Crippen LogP contribution is 1.99. The van der Waals surface area contributed by atoms with Crippen molar-refractivity contribution in [2.75, 3.05) is 0 Å². The van der Waals surface area contributed by atoms with Gasteiger partial charge in [-0.2, -0.15) is 0 Å². The molecule has 0 rings (SSSR count). The maximum Gasteiger partial charge on any atom is 0.146 e. The third-order valence-corrected chi connectivity index (χ3v) is 3.22. The summed E-state index contributed by atoms with van der Waals surface area (Å²) in [5.74, 6) is 0. The van der Waals surface area contributed by atoms with Crippen molar-refractivity contribution in [3.63, 3.8) is 0 Å². The Morgan fingerprint density at radius 1 is 0.696 bits per heavy atom. The van der Waals surface area contributed by atoms with Gasteiger partial charge >= 0.3 is 0 Å². The van der Waals surface area contributed by atoms with Crippen LogP contribution in [0.4, 0.5) is 0 Å². The lowest BCUT2D eigenvalue weighted by molar-refractivity contribution is -0.105. The molecule has 0 unspecified atom stereocenters. The van der Waals surface area contributed by atoms with Crippen LogP contribution in [0.5, 0.6) is 0 Å². The fourth-order valence-corrected chi connectivity index (χ4v) is 1.82. The molecule has 1 heteroatoms. The molecule has 0 aromatic rings. The van der Waals surface area contributed by atoms with Gasteiger partial charge in [0.25, 0.3) is 0 Å². The van der Waals surface area contributed by atoms with E-state index in [1.54, 1.807) is 0 Å². The van der Waals surface area contributed by atoms with Crippen molar-refractivity contribution in [1.29, 1.82) is 0 Å². The Bertz CT molecular complexity index is 445. The number of allylic oxidation sites excluding steroid dienone is 12. The second kappa shape index (κ2) is 18.2. The normalized spacial score (nSPS) is 13.6. The second-order valence-corrected chi connectivity index (χ2v) is 5.22. The minimum absolute atomic E-state index is 0.796. The number of carbonyl (C=O) groups excluding carboxylic acids is 1. The summed E-state index contributed by atoms with van der Waals surface area (Å²) in [7, 11) is 0. The lowest BCUT2D eigenvalue weighted by atomic mass is 10.2. The highest BCUT2D eigenvalue weighted by Gasteiger charge is 1.85. The first kappa shape index (κ1) is 21.1. The van der Waals surface area contributed by atoms with E-state index in [0.717, 1.165) is 56.8 Å². The van der Waals surface area contributed by atoms with Crippen LogP contribution < -0.4 is 0 Å². The zero-order valence-electron chi connectivity index (χ0n) is 14.8. The standard InChI is InChI=1S/C22H32O/c1-3-5-6-7-8-9-10-11-12-13-14-15-16-17-18-19-20-22(4-2)21-23/h5-6,8-9,11-12,14-15,18-21H,3-4,7,10,13,16-17H2,1-2H3/b6-5-,9-8-,12-11-,15-14-,19-18+,22-20+. The molecule has 23 heavy (non-hydrogen) atoms. The van der Waals surface area contributed by atoms with E-state index in [-0.39, 0.29) is 0 Å². The Kier molecular flexibility index (Phi) is 16.7. The van der Waals surface area contributed by atoms with Crippen molar-refractivity contribution in [3.8, 4) is 0 Å². The van der Waals surface area contributed by atoms with Gasteiger partial charge in [0, 0.05) is 0 Å². The third kappa shape index (κ3) is 16.3. The molecule has 0 radical (unpaired) electrons. The number of aldehydes is 1. The van der Waals surface area contributed by atoms with E-state index >= 15 is 0 Å². The van der Waals surface area contributed by atoms with Gasteiger partial charge in [-0.1, -0.05) is 80.7 Å². The summed E-state index contributed by atoms with van der Waals surface area (Å²) in [6.07, 6.45) is 31.6. The van der Waals surface area contributed by atoms with Gasteiger partial charge in [0.05, 0.1) is 0 Å². The molecule has 0 spiro atoms. The highest BCUT2D eigenvalue weighted by atomic mass is 16.1. The predicted octanol–water partition coefficient (Wildman–Crippen LogP) is 6.66. The SMILES string of the molecule is CC/C=C\C/C=C\C/C=C\C/C=C\CC/C=C/C=C(/C=O)CC. The molecule has 0 saturated carbocycles. The van der Waals surface area contributed by atoms with Crippen LogP contribution in [-0.2, 0) is 4.79 Å². The molecule has 0 atom stereocenters. The minimum atomic E-state index is 0.796. The summed E-state index contributed by atoms with van der Waals surface area (Å²) >= 11 is 0. The molecule has 0 aromatic carbocycles. The maximum absolute atomic E-state index is 10.6. The van der Waals surface area contributed by atoms with Crippen LogP contribution in [0.2, 0.25) is 0 Å². The Morgan fingerprint density at radius 3 is 1.74 bits per heavy atom. The average Bonchev–Trinajstić information content (AvgIpc) is 2.58. The van der Waals surface area contributed by atoms with Gasteiger partial charge in [-0.3, -0.25) is 4.79 Å². The molecule has 0 aromatic heterocycles. The Hall–Kier alpha value is -1.89. The Balaban J connectivity index is 3.62. The van der Waals surface area contributed by atoms with Crippen molar-refractivity contribution in [1.82, 2.24) is 0 Å². The molecule has 0 N–H and O–H groups in total. The van der Waals surface area contributed by atoms with Crippen LogP contribution in [0.3, 0.4) is 0 Å². The van der Waals surface area contributed by atoms with Crippen molar-refractivity contribution in [2.45, 2.75) is 58.8 Å². The Labute approximate surface area is 142 Å². The van der Waals surface area contributed by atoms with E-state index in [9.17, 15) is 4.79 Å². The van der Waals surface area contributed by atoms with Crippen LogP contribution in [-0.4, -0.2) is 6.29 Å².